The van der Waals surface area contributed by atoms with Gasteiger partial charge in [0, 0.05) is 13.6 Å². The molecule has 0 radical (unpaired) electrons. The van der Waals surface area contributed by atoms with Gasteiger partial charge in [0.25, 0.3) is 5.69 Å². The molecule has 0 aliphatic heterocycles. The van der Waals surface area contributed by atoms with Crippen LogP contribution in [0.2, 0.25) is 0 Å². The number of thiocarbonyl (C=S) groups is 1. The molecule has 0 atom stereocenters. The number of hydrogen-bond acceptors (Lipinski definition) is 4. The molecular formula is C13H16N4O2S. The maximum absolute atomic E-state index is 11.6. The zero-order chi connectivity index (χ0) is 14.5. The van der Waals surface area contributed by atoms with Gasteiger partial charge in [0.2, 0.25) is 0 Å². The van der Waals surface area contributed by atoms with Gasteiger partial charge in [0.1, 0.15) is 6.54 Å². The largest absolute Gasteiger partial charge is 0.539 e. The monoisotopic (exact) mass is 292 g/mol. The van der Waals surface area contributed by atoms with Crippen LogP contribution < -0.4 is 15.1 Å². The zero-order valence-electron chi connectivity index (χ0n) is 11.4. The van der Waals surface area contributed by atoms with Crippen molar-refractivity contribution in [2.24, 2.45) is 7.05 Å². The van der Waals surface area contributed by atoms with Crippen molar-refractivity contribution in [3.05, 3.63) is 41.6 Å². The minimum absolute atomic E-state index is 0.341. The third-order valence-corrected chi connectivity index (χ3v) is 3.39. The summed E-state index contributed by atoms with van der Waals surface area (Å²) in [6.07, 6.45) is 0. The topological polar surface area (TPSA) is 68.2 Å². The van der Waals surface area contributed by atoms with Crippen molar-refractivity contribution in [1.82, 2.24) is 15.5 Å². The second-order valence-corrected chi connectivity index (χ2v) is 4.71. The lowest BCUT2D eigenvalue weighted by Gasteiger charge is -2.23. The van der Waals surface area contributed by atoms with E-state index in [1.54, 1.807) is 14.1 Å². The summed E-state index contributed by atoms with van der Waals surface area (Å²) in [6.45, 7) is 0.943. The molecule has 0 unspecified atom stereocenters. The highest BCUT2D eigenvalue weighted by Crippen LogP contribution is 2.13. The van der Waals surface area contributed by atoms with Crippen LogP contribution in [0.15, 0.2) is 34.9 Å². The average Bonchev–Trinajstić information content (AvgIpc) is 2.78. The number of aryl methyl sites for hydroxylation is 1. The third kappa shape index (κ3) is 3.24. The van der Waals surface area contributed by atoms with Crippen molar-refractivity contribution in [2.45, 2.75) is 13.1 Å². The maximum Gasteiger partial charge on any atom is 0.252 e. The summed E-state index contributed by atoms with van der Waals surface area (Å²) in [5, 5.41) is 18.7. The van der Waals surface area contributed by atoms with E-state index in [1.165, 1.54) is 4.68 Å². The van der Waals surface area contributed by atoms with Gasteiger partial charge < -0.3 is 19.8 Å². The second-order valence-electron chi connectivity index (χ2n) is 4.33. The van der Waals surface area contributed by atoms with Gasteiger partial charge in [-0.15, -0.1) is 0 Å². The molecule has 0 amide bonds. The lowest BCUT2D eigenvalue weighted by molar-refractivity contribution is -0.746. The van der Waals surface area contributed by atoms with E-state index in [0.29, 0.717) is 23.9 Å². The number of nitrogens with one attached hydrogen (secondary N) is 1. The molecule has 0 saturated heterocycles. The zero-order valence-corrected chi connectivity index (χ0v) is 12.2. The van der Waals surface area contributed by atoms with Crippen LogP contribution >= 0.6 is 12.2 Å². The quantitative estimate of drug-likeness (QED) is 0.636. The van der Waals surface area contributed by atoms with Crippen LogP contribution in [0.25, 0.3) is 0 Å². The van der Waals surface area contributed by atoms with Gasteiger partial charge >= 0.3 is 0 Å². The van der Waals surface area contributed by atoms with Gasteiger partial charge in [-0.3, -0.25) is 0 Å². The number of hydrogen-bond donors (Lipinski definition) is 1. The minimum Gasteiger partial charge on any atom is -0.539 e. The molecular weight excluding hydrogens is 276 g/mol. The van der Waals surface area contributed by atoms with Gasteiger partial charge in [-0.1, -0.05) is 35.0 Å². The Bertz CT molecular complexity index is 566. The first-order chi connectivity index (χ1) is 9.61. The van der Waals surface area contributed by atoms with Crippen LogP contribution in [0.1, 0.15) is 11.3 Å². The van der Waals surface area contributed by atoms with Crippen LogP contribution in [0.3, 0.4) is 0 Å². The smallest absolute Gasteiger partial charge is 0.252 e. The second kappa shape index (κ2) is 6.33. The predicted molar refractivity (Wildman–Crippen MR) is 74.5 cm³/mol. The highest BCUT2D eigenvalue weighted by molar-refractivity contribution is 7.80. The van der Waals surface area contributed by atoms with Crippen molar-refractivity contribution in [1.29, 1.82) is 0 Å². The first kappa shape index (κ1) is 14.3. The lowest BCUT2D eigenvalue weighted by atomic mass is 10.2. The minimum atomic E-state index is -0.440. The molecule has 1 heterocycles. The van der Waals surface area contributed by atoms with Crippen molar-refractivity contribution < 1.29 is 14.3 Å². The summed E-state index contributed by atoms with van der Waals surface area (Å²) < 4.78 is 6.06. The molecule has 0 aliphatic carbocycles. The highest BCUT2D eigenvalue weighted by Gasteiger charge is 2.19. The van der Waals surface area contributed by atoms with Crippen LogP contribution in [0.4, 0.5) is 0 Å². The fraction of sp³-hybridized carbons (Fsp3) is 0.308. The number of nitrogens with zero attached hydrogens (tertiary/aromatic N) is 3. The Balaban J connectivity index is 2.18. The van der Waals surface area contributed by atoms with E-state index >= 15 is 0 Å². The van der Waals surface area contributed by atoms with E-state index in [9.17, 15) is 5.11 Å². The molecule has 106 valence electrons. The molecule has 2 rings (SSSR count). The molecule has 6 nitrogen and oxygen atoms in total. The fourth-order valence-corrected chi connectivity index (χ4v) is 1.97. The highest BCUT2D eigenvalue weighted by atomic mass is 32.1. The molecule has 0 fully saturated rings. The molecule has 2 aromatic rings. The summed E-state index contributed by atoms with van der Waals surface area (Å²) in [5.74, 6) is -0.440. The van der Waals surface area contributed by atoms with Gasteiger partial charge in [-0.05, 0) is 17.8 Å². The summed E-state index contributed by atoms with van der Waals surface area (Å²) >= 11 is 5.29. The molecule has 20 heavy (non-hydrogen) atoms. The third-order valence-electron chi connectivity index (χ3n) is 2.93. The fourth-order valence-electron chi connectivity index (χ4n) is 1.84. The normalized spacial score (nSPS) is 10.3. The van der Waals surface area contributed by atoms with Gasteiger partial charge in [-0.2, -0.15) is 0 Å². The Morgan fingerprint density at radius 3 is 2.65 bits per heavy atom. The molecule has 1 aromatic carbocycles. The van der Waals surface area contributed by atoms with Crippen LogP contribution in [-0.4, -0.2) is 22.3 Å². The Morgan fingerprint density at radius 1 is 1.40 bits per heavy atom. The van der Waals surface area contributed by atoms with Crippen LogP contribution in [-0.2, 0) is 20.1 Å². The Labute approximate surface area is 122 Å². The summed E-state index contributed by atoms with van der Waals surface area (Å²) in [7, 11) is 3.43. The predicted octanol–water partition coefficient (Wildman–Crippen LogP) is 0.0792. The van der Waals surface area contributed by atoms with E-state index in [1.807, 2.05) is 35.2 Å². The Hall–Kier alpha value is -2.15. The molecule has 0 saturated carbocycles. The standard InChI is InChI=1S/C13H16N4O2S/c1-14-13(20)17(8-10-6-4-3-5-7-10)9-11-12(18)19-15-16(11)2/h3-7H,8-9H2,1-2H3,(H-,14,15,18,20). The molecule has 0 spiro atoms. The van der Waals surface area contributed by atoms with Crippen molar-refractivity contribution >= 4 is 17.3 Å². The summed E-state index contributed by atoms with van der Waals surface area (Å²) in [4.78, 5) is 1.89. The van der Waals surface area contributed by atoms with Crippen molar-refractivity contribution in [3.63, 3.8) is 0 Å². The number of rotatable bonds is 4. The van der Waals surface area contributed by atoms with Crippen LogP contribution in [0.5, 0.6) is 5.95 Å². The molecule has 7 heteroatoms. The summed E-state index contributed by atoms with van der Waals surface area (Å²) in [6, 6.07) is 9.91. The number of benzene rings is 1. The molecule has 1 N–H and O–H groups in total. The van der Waals surface area contributed by atoms with Crippen LogP contribution in [0, 0.1) is 0 Å². The van der Waals surface area contributed by atoms with E-state index in [0.717, 1.165) is 5.56 Å². The van der Waals surface area contributed by atoms with Gasteiger partial charge in [0.15, 0.2) is 18.1 Å². The SMILES string of the molecule is CNC(=S)N(Cc1ccccc1)Cc1c([O-])on[n+]1C. The first-order valence-electron chi connectivity index (χ1n) is 6.14. The Kier molecular flexibility index (Phi) is 4.52. The van der Waals surface area contributed by atoms with Crippen molar-refractivity contribution in [3.8, 4) is 5.95 Å². The van der Waals surface area contributed by atoms with E-state index < -0.39 is 5.95 Å². The van der Waals surface area contributed by atoms with E-state index in [2.05, 4.69) is 15.1 Å². The average molecular weight is 292 g/mol. The molecule has 1 aromatic heterocycles. The number of aromatic nitrogens is 2. The lowest BCUT2D eigenvalue weighted by Crippen LogP contribution is -2.42. The van der Waals surface area contributed by atoms with E-state index in [4.69, 9.17) is 12.2 Å². The molecule has 0 aliphatic rings. The summed E-state index contributed by atoms with van der Waals surface area (Å²) in [5.41, 5.74) is 1.56. The van der Waals surface area contributed by atoms with Crippen molar-refractivity contribution in [2.75, 3.05) is 7.05 Å². The van der Waals surface area contributed by atoms with Gasteiger partial charge in [-0.25, -0.2) is 0 Å². The van der Waals surface area contributed by atoms with E-state index in [-0.39, 0.29) is 0 Å². The maximum atomic E-state index is 11.6. The Morgan fingerprint density at radius 2 is 2.10 bits per heavy atom. The first-order valence-corrected chi connectivity index (χ1v) is 6.55. The van der Waals surface area contributed by atoms with Gasteiger partial charge in [0.05, 0.1) is 5.27 Å². The molecule has 0 bridgehead atoms.